The van der Waals surface area contributed by atoms with Crippen molar-refractivity contribution in [2.45, 2.75) is 13.5 Å². The average Bonchev–Trinajstić information content (AvgIpc) is 2.75. The van der Waals surface area contributed by atoms with Gasteiger partial charge in [0.15, 0.2) is 6.54 Å². The van der Waals surface area contributed by atoms with Gasteiger partial charge in [0, 0.05) is 0 Å². The number of aryl methyl sites for hydroxylation is 1. The first-order valence-corrected chi connectivity index (χ1v) is 4.50. The van der Waals surface area contributed by atoms with Gasteiger partial charge in [-0.3, -0.25) is 4.91 Å². The highest BCUT2D eigenvalue weighted by Gasteiger charge is 1.94. The van der Waals surface area contributed by atoms with Gasteiger partial charge in [-0.25, -0.2) is 20.2 Å². The third-order valence-corrected chi connectivity index (χ3v) is 1.26. The second kappa shape index (κ2) is 17.6. The molecule has 0 bridgehead atoms. The maximum absolute atomic E-state index is 8.25. The van der Waals surface area contributed by atoms with E-state index in [9.17, 15) is 0 Å². The van der Waals surface area contributed by atoms with E-state index in [1.165, 1.54) is 4.91 Å². The molecule has 1 heterocycles. The van der Waals surface area contributed by atoms with E-state index >= 15 is 0 Å². The molecule has 1 aromatic rings. The van der Waals surface area contributed by atoms with Gasteiger partial charge in [-0.05, 0) is 6.92 Å². The molecule has 0 aliphatic rings. The summed E-state index contributed by atoms with van der Waals surface area (Å²) in [6.07, 6.45) is 6.01. The van der Waals surface area contributed by atoms with E-state index < -0.39 is 5.09 Å². The van der Waals surface area contributed by atoms with Crippen LogP contribution in [0.1, 0.15) is 6.92 Å². The van der Waals surface area contributed by atoms with Gasteiger partial charge in [0.1, 0.15) is 12.4 Å². The van der Waals surface area contributed by atoms with E-state index in [-0.39, 0.29) is 0 Å². The van der Waals surface area contributed by atoms with Gasteiger partial charge in [0.25, 0.3) is 0 Å². The number of nitrogens with zero attached hydrogens (tertiary/aromatic N) is 6. The number of hydrogen-bond donors (Lipinski definition) is 2. The maximum Gasteiger partial charge on any atom is 0.244 e. The molecule has 4 N–H and O–H groups in total. The Hall–Kier alpha value is -2.80. The normalized spacial score (nSPS) is 6.53. The molecule has 0 aromatic carbocycles. The van der Waals surface area contributed by atoms with Crippen molar-refractivity contribution in [3.8, 4) is 11.8 Å². The summed E-state index contributed by atoms with van der Waals surface area (Å²) in [5, 5.41) is 21.5. The number of quaternary nitrogens is 1. The van der Waals surface area contributed by atoms with Crippen LogP contribution in [-0.4, -0.2) is 14.9 Å². The summed E-state index contributed by atoms with van der Waals surface area (Å²) in [7, 11) is 2.00. The van der Waals surface area contributed by atoms with E-state index in [0.717, 1.165) is 6.54 Å². The zero-order chi connectivity index (χ0) is 15.7. The van der Waals surface area contributed by atoms with Crippen molar-refractivity contribution < 1.29 is 20.8 Å². The first-order valence-electron chi connectivity index (χ1n) is 4.50. The molecule has 1 rings (SSSR count). The Kier molecular flexibility index (Phi) is 19.9. The summed E-state index contributed by atoms with van der Waals surface area (Å²) in [5.74, 6) is 8.07. The second-order valence-corrected chi connectivity index (χ2v) is 2.49. The van der Waals surface area contributed by atoms with Crippen molar-refractivity contribution in [1.29, 1.82) is 0 Å². The Bertz CT molecular complexity index is 424. The molecule has 0 unspecified atom stereocenters. The topological polar surface area (TPSA) is 182 Å². The van der Waals surface area contributed by atoms with E-state index in [1.807, 2.05) is 41.8 Å². The maximum atomic E-state index is 8.25. The minimum atomic E-state index is -1.75. The predicted octanol–water partition coefficient (Wildman–Crippen LogP) is -0.420. The number of hydrogen-bond acceptors (Lipinski definition) is 4. The van der Waals surface area contributed by atoms with Gasteiger partial charge < -0.3 is 26.4 Å². The van der Waals surface area contributed by atoms with E-state index in [2.05, 4.69) is 17.7 Å². The van der Waals surface area contributed by atoms with Crippen LogP contribution in [0, 0.1) is 27.2 Å². The fourth-order valence-electron chi connectivity index (χ4n) is 0.766. The van der Waals surface area contributed by atoms with Gasteiger partial charge >= 0.3 is 0 Å². The van der Waals surface area contributed by atoms with Crippen molar-refractivity contribution in [3.63, 3.8) is 0 Å². The highest BCUT2D eigenvalue weighted by atomic mass is 16.9. The quantitative estimate of drug-likeness (QED) is 0.134. The van der Waals surface area contributed by atoms with E-state index in [4.69, 9.17) is 31.6 Å². The average molecular weight is 273 g/mol. The van der Waals surface area contributed by atoms with Crippen molar-refractivity contribution in [2.75, 3.05) is 0 Å². The molecule has 11 nitrogen and oxygen atoms in total. The van der Waals surface area contributed by atoms with Crippen LogP contribution in [0.5, 0.6) is 0 Å². The van der Waals surface area contributed by atoms with Crippen LogP contribution in [0.15, 0.2) is 18.7 Å². The lowest BCUT2D eigenvalue weighted by molar-refractivity contribution is -0.671. The van der Waals surface area contributed by atoms with Crippen molar-refractivity contribution in [1.82, 2.24) is 4.57 Å². The molecule has 0 amide bonds. The molecule has 0 spiro atoms. The lowest BCUT2D eigenvalue weighted by Crippen LogP contribution is -2.42. The zero-order valence-electron chi connectivity index (χ0n) is 10.5. The molecule has 11 heteroatoms. The van der Waals surface area contributed by atoms with Gasteiger partial charge in [0.2, 0.25) is 6.33 Å². The standard InChI is InChI=1S/C8H11N2.N3.NO3.H4NO/c1-3-4-5-10-7-6-9(2)8-10;1-3-2;2-1(3)4;1-2/h6-8H,5H2,1-2H3;;;2H,1H3/q+1;2*-1;+1. The monoisotopic (exact) mass is 273 g/mol. The molecule has 0 atom stereocenters. The van der Waals surface area contributed by atoms with E-state index in [1.54, 1.807) is 0 Å². The number of rotatable bonds is 1. The second-order valence-electron chi connectivity index (χ2n) is 2.49. The van der Waals surface area contributed by atoms with Crippen LogP contribution in [0.25, 0.3) is 16.0 Å². The molecule has 0 saturated carbocycles. The fraction of sp³-hybridized carbons (Fsp3) is 0.375. The summed E-state index contributed by atoms with van der Waals surface area (Å²) in [4.78, 5) is 9.75. The van der Waals surface area contributed by atoms with Gasteiger partial charge in [-0.2, -0.15) is 0 Å². The van der Waals surface area contributed by atoms with Crippen LogP contribution in [0.3, 0.4) is 0 Å². The van der Waals surface area contributed by atoms with Crippen molar-refractivity contribution in [3.05, 3.63) is 50.0 Å². The van der Waals surface area contributed by atoms with Crippen LogP contribution < -0.4 is 10.5 Å². The Morgan fingerprint density at radius 2 is 1.95 bits per heavy atom. The smallest absolute Gasteiger partial charge is 0.244 e. The van der Waals surface area contributed by atoms with Crippen LogP contribution in [0.2, 0.25) is 0 Å². The summed E-state index contributed by atoms with van der Waals surface area (Å²) in [6.45, 7) is 2.64. The number of imidazole rings is 1. The molecular formula is C8H15N7O4. The minimum Gasteiger partial charge on any atom is -0.373 e. The highest BCUT2D eigenvalue weighted by molar-refractivity contribution is 4.95. The van der Waals surface area contributed by atoms with Gasteiger partial charge in [0.05, 0.1) is 12.1 Å². The molecule has 0 aliphatic carbocycles. The van der Waals surface area contributed by atoms with Gasteiger partial charge in [-0.15, -0.1) is 5.92 Å². The Morgan fingerprint density at radius 3 is 2.21 bits per heavy atom. The fourth-order valence-corrected chi connectivity index (χ4v) is 0.766. The van der Waals surface area contributed by atoms with Crippen molar-refractivity contribution >= 4 is 0 Å². The Labute approximate surface area is 109 Å². The lowest BCUT2D eigenvalue weighted by Gasteiger charge is -1.81. The lowest BCUT2D eigenvalue weighted by atomic mass is 10.6. The summed E-state index contributed by atoms with van der Waals surface area (Å²) < 4.78 is 4.04. The third-order valence-electron chi connectivity index (χ3n) is 1.26. The molecule has 0 aliphatic heterocycles. The summed E-state index contributed by atoms with van der Waals surface area (Å²) >= 11 is 0. The predicted molar refractivity (Wildman–Crippen MR) is 64.2 cm³/mol. The molecule has 1 aromatic heterocycles. The molecule has 19 heavy (non-hydrogen) atoms. The largest absolute Gasteiger partial charge is 0.373 e. The van der Waals surface area contributed by atoms with Crippen LogP contribution >= 0.6 is 0 Å². The van der Waals surface area contributed by atoms with Crippen LogP contribution in [0.4, 0.5) is 0 Å². The summed E-state index contributed by atoms with van der Waals surface area (Å²) in [5.41, 5.74) is 13.5. The van der Waals surface area contributed by atoms with Crippen molar-refractivity contribution in [2.24, 2.45) is 7.05 Å². The van der Waals surface area contributed by atoms with Crippen LogP contribution in [-0.2, 0) is 13.6 Å². The Balaban J connectivity index is -0.000000239. The molecule has 0 radical (unpaired) electrons. The first-order chi connectivity index (χ1) is 8.97. The van der Waals surface area contributed by atoms with E-state index in [0.29, 0.717) is 0 Å². The number of aromatic nitrogens is 2. The minimum absolute atomic E-state index is 0.789. The SMILES string of the molecule is CC#CCn1cc[n+](C)c1.O=[N+]([O-])[O-].[N-]=[N+]=[N-].[NH3+]O. The summed E-state index contributed by atoms with van der Waals surface area (Å²) in [6, 6.07) is 0. The Morgan fingerprint density at radius 1 is 1.53 bits per heavy atom. The molecule has 0 fully saturated rings. The zero-order valence-corrected chi connectivity index (χ0v) is 10.5. The molecule has 106 valence electrons. The molecule has 0 saturated heterocycles. The first kappa shape index (κ1) is 21.5. The third kappa shape index (κ3) is 25.5. The molecular weight excluding hydrogens is 258 g/mol. The van der Waals surface area contributed by atoms with Gasteiger partial charge in [-0.1, -0.05) is 5.92 Å². The highest BCUT2D eigenvalue weighted by Crippen LogP contribution is 1.80.